The van der Waals surface area contributed by atoms with E-state index in [-0.39, 0.29) is 29.3 Å². The van der Waals surface area contributed by atoms with Crippen LogP contribution >= 0.6 is 11.8 Å². The molecule has 1 aliphatic rings. The lowest BCUT2D eigenvalue weighted by Crippen LogP contribution is -2.28. The van der Waals surface area contributed by atoms with Crippen molar-refractivity contribution in [3.63, 3.8) is 0 Å². The van der Waals surface area contributed by atoms with Gasteiger partial charge in [-0.3, -0.25) is 14.5 Å². The van der Waals surface area contributed by atoms with Crippen LogP contribution in [0.4, 0.5) is 10.1 Å². The number of hydrogen-bond acceptors (Lipinski definition) is 5. The molecule has 6 nitrogen and oxygen atoms in total. The number of hydrogen-bond donors (Lipinski definition) is 0. The largest absolute Gasteiger partial charge is 0.459 e. The minimum absolute atomic E-state index is 0.0217. The zero-order valence-corrected chi connectivity index (χ0v) is 23.2. The number of pyridine rings is 1. The summed E-state index contributed by atoms with van der Waals surface area (Å²) in [7, 11) is 1.80. The third-order valence-corrected chi connectivity index (χ3v) is 7.21. The molecule has 0 bridgehead atoms. The van der Waals surface area contributed by atoms with Crippen molar-refractivity contribution in [1.82, 2.24) is 0 Å². The second kappa shape index (κ2) is 13.3. The Labute approximate surface area is 227 Å². The molecule has 0 spiro atoms. The highest BCUT2D eigenvalue weighted by molar-refractivity contribution is 8.00. The maximum Gasteiger partial charge on any atom is 0.338 e. The van der Waals surface area contributed by atoms with Gasteiger partial charge < -0.3 is 9.30 Å². The first-order valence-corrected chi connectivity index (χ1v) is 13.7. The quantitative estimate of drug-likeness (QED) is 0.158. The number of amides is 1. The zero-order chi connectivity index (χ0) is 27.8. The van der Waals surface area contributed by atoms with Crippen molar-refractivity contribution in [2.75, 3.05) is 10.7 Å². The predicted octanol–water partition coefficient (Wildman–Crippen LogP) is 5.77. The van der Waals surface area contributed by atoms with Crippen LogP contribution in [0.15, 0.2) is 60.8 Å². The summed E-state index contributed by atoms with van der Waals surface area (Å²) in [6, 6.07) is 14.6. The minimum atomic E-state index is -0.484. The fourth-order valence-electron chi connectivity index (χ4n) is 4.10. The molecule has 2 unspecified atom stereocenters. The third kappa shape index (κ3) is 7.07. The van der Waals surface area contributed by atoms with Crippen LogP contribution in [-0.2, 0) is 16.6 Å². The number of benzene rings is 2. The Morgan fingerprint density at radius 2 is 1.87 bits per heavy atom. The highest BCUT2D eigenvalue weighted by Gasteiger charge is 2.35. The van der Waals surface area contributed by atoms with Crippen molar-refractivity contribution in [2.24, 2.45) is 7.05 Å². The molecule has 1 aliphatic heterocycles. The van der Waals surface area contributed by atoms with Crippen molar-refractivity contribution in [3.8, 4) is 0 Å². The van der Waals surface area contributed by atoms with Crippen LogP contribution in [0.3, 0.4) is 0 Å². The van der Waals surface area contributed by atoms with E-state index in [1.165, 1.54) is 23.9 Å². The Balaban J connectivity index is 0.00000195. The van der Waals surface area contributed by atoms with Gasteiger partial charge in [-0.25, -0.2) is 9.18 Å². The Hall–Kier alpha value is -3.52. The van der Waals surface area contributed by atoms with Crippen molar-refractivity contribution in [3.05, 3.63) is 95.1 Å². The molecule has 2 atom stereocenters. The molecule has 2 aromatic carbocycles. The van der Waals surface area contributed by atoms with Gasteiger partial charge in [-0.05, 0) is 67.3 Å². The number of thioether (sulfide) groups is 1. The van der Waals surface area contributed by atoms with Crippen LogP contribution in [0.2, 0.25) is 0 Å². The number of aryl methyl sites for hydroxylation is 2. The average Bonchev–Trinajstić information content (AvgIpc) is 3.29. The standard InChI is InChI=1S/C28H27FN2O4S.C2H6/c1-18-15-21(28(34)35-19(2)6-13-25(32)22-5-4-14-30(3)16-22)9-12-24(18)31-26(33)17-36-27(31)20-7-10-23(29)11-8-20;1-2/h4-5,7-12,15-16,19,27H,6,13,17H2,1-3H3;1-2H3. The van der Waals surface area contributed by atoms with Gasteiger partial charge in [0.1, 0.15) is 30.2 Å². The molecule has 200 valence electrons. The van der Waals surface area contributed by atoms with E-state index in [2.05, 4.69) is 6.20 Å². The predicted molar refractivity (Wildman–Crippen MR) is 147 cm³/mol. The highest BCUT2D eigenvalue weighted by atomic mass is 32.2. The number of nitrogens with zero attached hydrogens (tertiary/aromatic N) is 2. The SMILES string of the molecule is CC.Cc1cc(C(=O)OC(C)CCC(=O)c2cc[c-][n+](C)c2)ccc1N1C(=O)CSC1c1ccc(F)cc1. The fraction of sp³-hybridized carbons (Fsp3) is 0.333. The Bertz CT molecular complexity index is 1300. The van der Waals surface area contributed by atoms with Gasteiger partial charge in [-0.1, -0.05) is 26.0 Å². The summed E-state index contributed by atoms with van der Waals surface area (Å²) in [4.78, 5) is 39.6. The van der Waals surface area contributed by atoms with Gasteiger partial charge in [0.05, 0.1) is 23.6 Å². The number of ketones is 1. The number of esters is 1. The number of halogens is 1. The van der Waals surface area contributed by atoms with Gasteiger partial charge in [0.2, 0.25) is 5.91 Å². The van der Waals surface area contributed by atoms with E-state index in [0.717, 1.165) is 11.1 Å². The van der Waals surface area contributed by atoms with Crippen LogP contribution in [-0.4, -0.2) is 29.5 Å². The number of ether oxygens (including phenoxy) is 1. The van der Waals surface area contributed by atoms with Crippen molar-refractivity contribution < 1.29 is 28.1 Å². The molecule has 8 heteroatoms. The van der Waals surface area contributed by atoms with Gasteiger partial charge in [0.15, 0.2) is 0 Å². The molecular formula is C30H33FN2O4S. The molecule has 2 heterocycles. The summed E-state index contributed by atoms with van der Waals surface area (Å²) in [6.45, 7) is 7.60. The first-order chi connectivity index (χ1) is 18.2. The molecular weight excluding hydrogens is 503 g/mol. The van der Waals surface area contributed by atoms with E-state index < -0.39 is 12.1 Å². The lowest BCUT2D eigenvalue weighted by atomic mass is 10.1. The van der Waals surface area contributed by atoms with Crippen LogP contribution in [0, 0.1) is 18.9 Å². The lowest BCUT2D eigenvalue weighted by Gasteiger charge is -2.26. The highest BCUT2D eigenvalue weighted by Crippen LogP contribution is 2.42. The molecule has 1 fully saturated rings. The molecule has 0 radical (unpaired) electrons. The van der Waals surface area contributed by atoms with E-state index in [9.17, 15) is 18.8 Å². The van der Waals surface area contributed by atoms with Gasteiger partial charge in [-0.2, -0.15) is 0 Å². The van der Waals surface area contributed by atoms with Gasteiger partial charge in [-0.15, -0.1) is 23.9 Å². The molecule has 1 saturated heterocycles. The number of rotatable bonds is 8. The van der Waals surface area contributed by atoms with E-state index >= 15 is 0 Å². The van der Waals surface area contributed by atoms with Crippen LogP contribution < -0.4 is 9.47 Å². The summed E-state index contributed by atoms with van der Waals surface area (Å²) in [5.74, 6) is -0.559. The van der Waals surface area contributed by atoms with E-state index in [0.29, 0.717) is 29.0 Å². The van der Waals surface area contributed by atoms with Crippen molar-refractivity contribution in [2.45, 2.75) is 52.0 Å². The maximum atomic E-state index is 13.4. The first kappa shape index (κ1) is 29.0. The fourth-order valence-corrected chi connectivity index (χ4v) is 5.27. The van der Waals surface area contributed by atoms with Crippen LogP contribution in [0.5, 0.6) is 0 Å². The second-order valence-corrected chi connectivity index (χ2v) is 9.88. The smallest absolute Gasteiger partial charge is 0.338 e. The maximum absolute atomic E-state index is 13.4. The second-order valence-electron chi connectivity index (χ2n) is 8.82. The molecule has 38 heavy (non-hydrogen) atoms. The normalized spacial score (nSPS) is 15.5. The van der Waals surface area contributed by atoms with E-state index in [4.69, 9.17) is 4.74 Å². The lowest BCUT2D eigenvalue weighted by molar-refractivity contribution is -0.675. The molecule has 0 saturated carbocycles. The van der Waals surface area contributed by atoms with Gasteiger partial charge in [0.25, 0.3) is 0 Å². The summed E-state index contributed by atoms with van der Waals surface area (Å²) in [5.41, 5.74) is 3.25. The Morgan fingerprint density at radius 1 is 1.16 bits per heavy atom. The molecule has 1 aromatic heterocycles. The number of Topliss-reactive ketones (excluding diaryl/α,β-unsaturated/α-hetero) is 1. The summed E-state index contributed by atoms with van der Waals surface area (Å²) in [5, 5.41) is -0.267. The monoisotopic (exact) mass is 536 g/mol. The van der Waals surface area contributed by atoms with E-state index in [1.807, 2.05) is 20.8 Å². The third-order valence-electron chi connectivity index (χ3n) is 6.00. The first-order valence-electron chi connectivity index (χ1n) is 12.6. The Kier molecular flexibility index (Phi) is 10.2. The van der Waals surface area contributed by atoms with Crippen LogP contribution in [0.1, 0.15) is 70.8 Å². The Morgan fingerprint density at radius 3 is 2.53 bits per heavy atom. The molecule has 3 aromatic rings. The molecule has 1 amide bonds. The topological polar surface area (TPSA) is 67.6 Å². The summed E-state index contributed by atoms with van der Waals surface area (Å²) >= 11 is 1.48. The van der Waals surface area contributed by atoms with Crippen molar-refractivity contribution >= 4 is 35.1 Å². The van der Waals surface area contributed by atoms with Crippen molar-refractivity contribution in [1.29, 1.82) is 0 Å². The van der Waals surface area contributed by atoms with E-state index in [1.54, 1.807) is 72.1 Å². The molecule has 4 rings (SSSR count). The van der Waals surface area contributed by atoms with Crippen LogP contribution in [0.25, 0.3) is 0 Å². The van der Waals surface area contributed by atoms with Gasteiger partial charge in [0, 0.05) is 12.1 Å². The average molecular weight is 537 g/mol. The summed E-state index contributed by atoms with van der Waals surface area (Å²) in [6.07, 6.45) is 4.88. The number of carbonyl (C=O) groups excluding carboxylic acids is 3. The number of carbonyl (C=O) groups is 3. The molecule has 0 aliphatic carbocycles. The zero-order valence-electron chi connectivity index (χ0n) is 22.4. The van der Waals surface area contributed by atoms with Gasteiger partial charge >= 0.3 is 5.97 Å². The number of aromatic nitrogens is 1. The number of anilines is 1. The summed E-state index contributed by atoms with van der Waals surface area (Å²) < 4.78 is 20.6. The molecule has 0 N–H and O–H groups in total. The minimum Gasteiger partial charge on any atom is -0.459 e.